The third-order valence-electron chi connectivity index (χ3n) is 5.88. The van der Waals surface area contributed by atoms with Crippen molar-refractivity contribution in [2.75, 3.05) is 14.2 Å². The van der Waals surface area contributed by atoms with Gasteiger partial charge < -0.3 is 28.8 Å². The Bertz CT molecular complexity index is 906. The lowest BCUT2D eigenvalue weighted by atomic mass is 9.79. The number of fused-ring (bicyclic) bond motifs is 1. The number of carbonyl (C=O) groups is 1. The fourth-order valence-corrected chi connectivity index (χ4v) is 4.56. The quantitative estimate of drug-likeness (QED) is 0.656. The molecule has 7 atom stereocenters. The molecule has 2 heterocycles. The zero-order valence-corrected chi connectivity index (χ0v) is 19.0. The maximum absolute atomic E-state index is 13.4. The fraction of sp³-hybridized carbons (Fsp3) is 0.435. The molecule has 2 aromatic carbocycles. The van der Waals surface area contributed by atoms with E-state index < -0.39 is 48.4 Å². The van der Waals surface area contributed by atoms with E-state index in [1.54, 1.807) is 19.1 Å². The van der Waals surface area contributed by atoms with Crippen LogP contribution in [0.2, 0.25) is 0 Å². The van der Waals surface area contributed by atoms with Crippen LogP contribution in [-0.4, -0.2) is 55.8 Å². The van der Waals surface area contributed by atoms with Crippen molar-refractivity contribution in [2.45, 2.75) is 49.3 Å². The minimum atomic E-state index is -1.62. The lowest BCUT2D eigenvalue weighted by Gasteiger charge is -2.54. The second kappa shape index (κ2) is 8.97. The molecule has 2 aliphatic heterocycles. The molecule has 31 heavy (non-hydrogen) atoms. The van der Waals surface area contributed by atoms with Crippen molar-refractivity contribution < 1.29 is 33.6 Å². The van der Waals surface area contributed by atoms with E-state index >= 15 is 0 Å². The third kappa shape index (κ3) is 3.82. The van der Waals surface area contributed by atoms with E-state index in [-0.39, 0.29) is 0 Å². The first-order valence-electron chi connectivity index (χ1n) is 10.0. The van der Waals surface area contributed by atoms with Crippen LogP contribution in [0.15, 0.2) is 59.1 Å². The maximum atomic E-state index is 13.4. The SMILES string of the molecule is COC(=O)[C@@]1(c2ccccc2)O[C@@H](c2ccc(Br)cc2)O[C@H]2[C@H](OC)[C@H](O)[C@@H](C)O[C@@H]21. The molecule has 7 nitrogen and oxygen atoms in total. The largest absolute Gasteiger partial charge is 0.467 e. The molecule has 4 rings (SSSR count). The summed E-state index contributed by atoms with van der Waals surface area (Å²) in [4.78, 5) is 13.4. The number of ether oxygens (including phenoxy) is 5. The Kier molecular flexibility index (Phi) is 6.48. The summed E-state index contributed by atoms with van der Waals surface area (Å²) in [6, 6.07) is 16.5. The number of hydrogen-bond donors (Lipinski definition) is 1. The molecule has 0 bridgehead atoms. The highest BCUT2D eigenvalue weighted by Gasteiger charge is 2.64. The molecule has 0 radical (unpaired) electrons. The van der Waals surface area contributed by atoms with Gasteiger partial charge in [-0.2, -0.15) is 0 Å². The maximum Gasteiger partial charge on any atom is 0.345 e. The van der Waals surface area contributed by atoms with Crippen LogP contribution < -0.4 is 0 Å². The second-order valence-electron chi connectivity index (χ2n) is 7.65. The van der Waals surface area contributed by atoms with Gasteiger partial charge in [-0.1, -0.05) is 58.4 Å². The summed E-state index contributed by atoms with van der Waals surface area (Å²) in [5.41, 5.74) is -0.350. The number of aliphatic hydroxyl groups is 1. The van der Waals surface area contributed by atoms with E-state index in [9.17, 15) is 9.90 Å². The predicted molar refractivity (Wildman–Crippen MR) is 114 cm³/mol. The van der Waals surface area contributed by atoms with Crippen molar-refractivity contribution in [3.8, 4) is 0 Å². The van der Waals surface area contributed by atoms with E-state index in [1.165, 1.54) is 14.2 Å². The topological polar surface area (TPSA) is 83.5 Å². The molecule has 2 aromatic rings. The van der Waals surface area contributed by atoms with Gasteiger partial charge in [0.25, 0.3) is 0 Å². The van der Waals surface area contributed by atoms with E-state index in [0.29, 0.717) is 11.1 Å². The second-order valence-corrected chi connectivity index (χ2v) is 8.56. The number of rotatable bonds is 4. The van der Waals surface area contributed by atoms with Crippen molar-refractivity contribution in [1.29, 1.82) is 0 Å². The highest BCUT2D eigenvalue weighted by molar-refractivity contribution is 9.10. The number of hydrogen-bond acceptors (Lipinski definition) is 7. The van der Waals surface area contributed by atoms with Crippen molar-refractivity contribution in [3.63, 3.8) is 0 Å². The molecule has 0 saturated carbocycles. The number of benzene rings is 2. The zero-order chi connectivity index (χ0) is 22.2. The number of esters is 1. The standard InChI is InChI=1S/C23H25BrO7/c1-13-17(25)18(27-2)19-20(29-13)23(22(26)28-3,15-7-5-4-6-8-15)31-21(30-19)14-9-11-16(24)12-10-14/h4-13,17-21,25H,1-3H3/t13-,17-,18-,19+,20+,21+,23+/m1/s1. The Morgan fingerprint density at radius 3 is 2.35 bits per heavy atom. The minimum Gasteiger partial charge on any atom is -0.467 e. The first-order valence-corrected chi connectivity index (χ1v) is 10.8. The molecule has 0 spiro atoms. The first kappa shape index (κ1) is 22.4. The molecular weight excluding hydrogens is 468 g/mol. The molecule has 166 valence electrons. The third-order valence-corrected chi connectivity index (χ3v) is 6.41. The van der Waals surface area contributed by atoms with Crippen LogP contribution in [0.25, 0.3) is 0 Å². The van der Waals surface area contributed by atoms with Gasteiger partial charge in [-0.25, -0.2) is 4.79 Å². The fourth-order valence-electron chi connectivity index (χ4n) is 4.30. The normalized spacial score (nSPS) is 35.3. The number of methoxy groups -OCH3 is 2. The summed E-state index contributed by atoms with van der Waals surface area (Å²) in [7, 11) is 2.81. The van der Waals surface area contributed by atoms with Gasteiger partial charge in [0.15, 0.2) is 6.29 Å². The highest BCUT2D eigenvalue weighted by Crippen LogP contribution is 2.48. The van der Waals surface area contributed by atoms with Gasteiger partial charge in [0.2, 0.25) is 5.60 Å². The van der Waals surface area contributed by atoms with Crippen LogP contribution in [0.1, 0.15) is 24.3 Å². The molecule has 0 aromatic heterocycles. The molecule has 1 N–H and O–H groups in total. The summed E-state index contributed by atoms with van der Waals surface area (Å²) >= 11 is 3.42. The number of carbonyl (C=O) groups excluding carboxylic acids is 1. The molecule has 2 saturated heterocycles. The highest BCUT2D eigenvalue weighted by atomic mass is 79.9. The molecule has 0 unspecified atom stereocenters. The Morgan fingerprint density at radius 1 is 1.06 bits per heavy atom. The lowest BCUT2D eigenvalue weighted by Crippen LogP contribution is -2.69. The predicted octanol–water partition coefficient (Wildman–Crippen LogP) is 3.09. The van der Waals surface area contributed by atoms with Crippen molar-refractivity contribution in [2.24, 2.45) is 0 Å². The Balaban J connectivity index is 1.89. The van der Waals surface area contributed by atoms with Crippen molar-refractivity contribution >= 4 is 21.9 Å². The Morgan fingerprint density at radius 2 is 1.74 bits per heavy atom. The first-order chi connectivity index (χ1) is 14.9. The van der Waals surface area contributed by atoms with Gasteiger partial charge in [0, 0.05) is 17.1 Å². The van der Waals surface area contributed by atoms with Gasteiger partial charge in [-0.15, -0.1) is 0 Å². The molecule has 2 aliphatic rings. The molecule has 2 fully saturated rings. The number of aliphatic hydroxyl groups excluding tert-OH is 1. The van der Waals surface area contributed by atoms with Crippen LogP contribution in [0, 0.1) is 0 Å². The van der Waals surface area contributed by atoms with Gasteiger partial charge in [0.05, 0.1) is 13.2 Å². The van der Waals surface area contributed by atoms with E-state index in [1.807, 2.05) is 42.5 Å². The zero-order valence-electron chi connectivity index (χ0n) is 17.4. The molecule has 0 aliphatic carbocycles. The monoisotopic (exact) mass is 492 g/mol. The summed E-state index contributed by atoms with van der Waals surface area (Å²) in [6.45, 7) is 1.72. The average molecular weight is 493 g/mol. The smallest absolute Gasteiger partial charge is 0.345 e. The van der Waals surface area contributed by atoms with Crippen molar-refractivity contribution in [1.82, 2.24) is 0 Å². The van der Waals surface area contributed by atoms with E-state index in [4.69, 9.17) is 23.7 Å². The Labute approximate surface area is 189 Å². The van der Waals surface area contributed by atoms with Crippen LogP contribution in [0.5, 0.6) is 0 Å². The summed E-state index contributed by atoms with van der Waals surface area (Å²) in [6.07, 6.45) is -4.91. The van der Waals surface area contributed by atoms with Crippen molar-refractivity contribution in [3.05, 3.63) is 70.2 Å². The molecule has 8 heteroatoms. The van der Waals surface area contributed by atoms with Crippen LogP contribution in [0.4, 0.5) is 0 Å². The van der Waals surface area contributed by atoms with Gasteiger partial charge in [-0.3, -0.25) is 0 Å². The van der Waals surface area contributed by atoms with Gasteiger partial charge in [0.1, 0.15) is 24.4 Å². The van der Waals surface area contributed by atoms with Gasteiger partial charge >= 0.3 is 5.97 Å². The van der Waals surface area contributed by atoms with E-state index in [2.05, 4.69) is 15.9 Å². The summed E-state index contributed by atoms with van der Waals surface area (Å²) < 4.78 is 30.5. The van der Waals surface area contributed by atoms with Crippen LogP contribution in [0.3, 0.4) is 0 Å². The van der Waals surface area contributed by atoms with Gasteiger partial charge in [-0.05, 0) is 24.6 Å². The lowest BCUT2D eigenvalue weighted by molar-refractivity contribution is -0.379. The van der Waals surface area contributed by atoms with Crippen LogP contribution in [-0.2, 0) is 34.1 Å². The molecular formula is C23H25BrO7. The summed E-state index contributed by atoms with van der Waals surface area (Å²) in [5, 5.41) is 10.7. The average Bonchev–Trinajstić information content (AvgIpc) is 2.80. The summed E-state index contributed by atoms with van der Waals surface area (Å²) in [5.74, 6) is -0.613. The molecule has 0 amide bonds. The van der Waals surface area contributed by atoms with E-state index in [0.717, 1.165) is 4.47 Å². The minimum absolute atomic E-state index is 0.570. The van der Waals surface area contributed by atoms with Crippen LogP contribution >= 0.6 is 15.9 Å². The number of halogens is 1. The Hall–Kier alpha value is -1.81.